The summed E-state index contributed by atoms with van der Waals surface area (Å²) in [5.74, 6) is 0.155. The van der Waals surface area contributed by atoms with Gasteiger partial charge >= 0.3 is 5.97 Å². The van der Waals surface area contributed by atoms with Crippen LogP contribution >= 0.6 is 0 Å². The van der Waals surface area contributed by atoms with Crippen LogP contribution in [0, 0.1) is 18.8 Å². The summed E-state index contributed by atoms with van der Waals surface area (Å²) in [6.07, 6.45) is 3.77. The Morgan fingerprint density at radius 2 is 2.03 bits per heavy atom. The number of carbonyl (C=O) groups is 1. The minimum Gasteiger partial charge on any atom is -0.494 e. The number of rotatable bonds is 10. The number of ether oxygens (including phenoxy) is 2. The predicted molar refractivity (Wildman–Crippen MR) is 136 cm³/mol. The second-order valence-electron chi connectivity index (χ2n) is 9.76. The smallest absolute Gasteiger partial charge is 0.309 e. The number of aliphatic carboxylic acids is 1. The molecule has 0 unspecified atom stereocenters. The largest absolute Gasteiger partial charge is 0.494 e. The maximum Gasteiger partial charge on any atom is 0.309 e. The number of aliphatic hydroxyl groups is 1. The highest BCUT2D eigenvalue weighted by Gasteiger charge is 2.23. The van der Waals surface area contributed by atoms with Crippen molar-refractivity contribution in [2.75, 3.05) is 19.8 Å². The Hall–Kier alpha value is -3.17. The van der Waals surface area contributed by atoms with Gasteiger partial charge in [0, 0.05) is 50.2 Å². The van der Waals surface area contributed by atoms with Gasteiger partial charge in [-0.05, 0) is 63.6 Å². The van der Waals surface area contributed by atoms with Crippen LogP contribution < -0.4 is 10.3 Å². The molecule has 36 heavy (non-hydrogen) atoms. The highest BCUT2D eigenvalue weighted by atomic mass is 16.5. The second kappa shape index (κ2) is 11.3. The molecule has 2 aromatic heterocycles. The Bertz CT molecular complexity index is 1250. The first-order chi connectivity index (χ1) is 17.2. The van der Waals surface area contributed by atoms with E-state index >= 15 is 0 Å². The molecule has 3 heterocycles. The van der Waals surface area contributed by atoms with Gasteiger partial charge in [-0.25, -0.2) is 4.98 Å². The molecule has 0 amide bonds. The first-order valence-electron chi connectivity index (χ1n) is 12.5. The summed E-state index contributed by atoms with van der Waals surface area (Å²) < 4.78 is 15.3. The molecule has 2 atom stereocenters. The summed E-state index contributed by atoms with van der Waals surface area (Å²) in [7, 11) is 1.75. The molecular formula is C27H35N3O6. The number of aliphatic hydroxyl groups excluding tert-OH is 1. The molecule has 0 radical (unpaired) electrons. The first-order valence-corrected chi connectivity index (χ1v) is 12.5. The van der Waals surface area contributed by atoms with Crippen LogP contribution in [0.1, 0.15) is 38.2 Å². The number of carboxylic acid groups (broad SMARTS) is 1. The highest BCUT2D eigenvalue weighted by molar-refractivity contribution is 5.82. The molecule has 1 fully saturated rings. The van der Waals surface area contributed by atoms with E-state index in [9.17, 15) is 19.8 Å². The standard InChI is InChI=1S/C27H35N3O6/c1-17-13-20(16-29(3)26(17)32)25-28-23-14-21(36-10-4-5-22(18(2)31)27(33)34)6-7-24(23)30(25)15-19-8-11-35-12-9-19/h6-7,13-14,16,18-19,22,31H,4-5,8-12,15H2,1-3H3,(H,33,34)/t18-,22+/m1/s1. The van der Waals surface area contributed by atoms with Crippen LogP contribution in [0.2, 0.25) is 0 Å². The van der Waals surface area contributed by atoms with Crippen molar-refractivity contribution in [2.45, 2.75) is 52.2 Å². The van der Waals surface area contributed by atoms with E-state index < -0.39 is 18.0 Å². The van der Waals surface area contributed by atoms with Crippen LogP contribution in [0.15, 0.2) is 35.3 Å². The normalized spacial score (nSPS) is 16.2. The topological polar surface area (TPSA) is 116 Å². The third kappa shape index (κ3) is 5.79. The average molecular weight is 498 g/mol. The average Bonchev–Trinajstić information content (AvgIpc) is 3.19. The zero-order chi connectivity index (χ0) is 25.8. The number of benzene rings is 1. The van der Waals surface area contributed by atoms with Crippen molar-refractivity contribution in [2.24, 2.45) is 18.9 Å². The van der Waals surface area contributed by atoms with E-state index in [2.05, 4.69) is 4.57 Å². The number of fused-ring (bicyclic) bond motifs is 1. The summed E-state index contributed by atoms with van der Waals surface area (Å²) in [6.45, 7) is 6.00. The first kappa shape index (κ1) is 25.9. The Labute approximate surface area is 210 Å². The fourth-order valence-electron chi connectivity index (χ4n) is 4.86. The van der Waals surface area contributed by atoms with E-state index in [0.29, 0.717) is 36.7 Å². The number of carboxylic acids is 1. The molecule has 1 aliphatic heterocycles. The number of aromatic nitrogens is 3. The molecule has 0 bridgehead atoms. The van der Waals surface area contributed by atoms with Crippen LogP contribution in [0.25, 0.3) is 22.4 Å². The van der Waals surface area contributed by atoms with Gasteiger partial charge in [0.05, 0.1) is 29.7 Å². The second-order valence-corrected chi connectivity index (χ2v) is 9.76. The van der Waals surface area contributed by atoms with Gasteiger partial charge in [0.1, 0.15) is 11.6 Å². The van der Waals surface area contributed by atoms with Crippen molar-refractivity contribution in [3.63, 3.8) is 0 Å². The lowest BCUT2D eigenvalue weighted by molar-refractivity contribution is -0.145. The van der Waals surface area contributed by atoms with E-state index in [4.69, 9.17) is 14.5 Å². The minimum absolute atomic E-state index is 0.0257. The predicted octanol–water partition coefficient (Wildman–Crippen LogP) is 3.38. The zero-order valence-electron chi connectivity index (χ0n) is 21.1. The molecule has 0 saturated carbocycles. The minimum atomic E-state index is -0.998. The summed E-state index contributed by atoms with van der Waals surface area (Å²) in [4.78, 5) is 28.5. The molecular weight excluding hydrogens is 462 g/mol. The molecule has 2 N–H and O–H groups in total. The van der Waals surface area contributed by atoms with Gasteiger partial charge < -0.3 is 28.8 Å². The third-order valence-electron chi connectivity index (χ3n) is 6.95. The van der Waals surface area contributed by atoms with E-state index in [1.807, 2.05) is 37.4 Å². The highest BCUT2D eigenvalue weighted by Crippen LogP contribution is 2.30. The molecule has 9 nitrogen and oxygen atoms in total. The van der Waals surface area contributed by atoms with E-state index in [0.717, 1.165) is 55.0 Å². The molecule has 1 aromatic carbocycles. The lowest BCUT2D eigenvalue weighted by atomic mass is 9.98. The number of pyridine rings is 1. The molecule has 3 aromatic rings. The monoisotopic (exact) mass is 497 g/mol. The Balaban J connectivity index is 1.60. The third-order valence-corrected chi connectivity index (χ3v) is 6.95. The number of hydrogen-bond donors (Lipinski definition) is 2. The molecule has 0 aliphatic carbocycles. The number of hydrogen-bond acceptors (Lipinski definition) is 6. The lowest BCUT2D eigenvalue weighted by Crippen LogP contribution is -2.26. The molecule has 1 aliphatic rings. The summed E-state index contributed by atoms with van der Waals surface area (Å²) in [5.41, 5.74) is 3.32. The number of nitrogens with zero attached hydrogens (tertiary/aromatic N) is 3. The van der Waals surface area contributed by atoms with Crippen LogP contribution in [0.3, 0.4) is 0 Å². The Morgan fingerprint density at radius 1 is 1.28 bits per heavy atom. The molecule has 194 valence electrons. The van der Waals surface area contributed by atoms with Gasteiger partial charge in [0.15, 0.2) is 0 Å². The summed E-state index contributed by atoms with van der Waals surface area (Å²) >= 11 is 0. The molecule has 0 spiro atoms. The van der Waals surface area contributed by atoms with E-state index in [1.54, 1.807) is 11.6 Å². The Morgan fingerprint density at radius 3 is 2.69 bits per heavy atom. The number of imidazole rings is 1. The maximum absolute atomic E-state index is 12.3. The zero-order valence-corrected chi connectivity index (χ0v) is 21.1. The SMILES string of the molecule is Cc1cc(-c2nc3cc(OCCC[C@H](C(=O)O)[C@@H](C)O)ccc3n2CC2CCOCC2)cn(C)c1=O. The van der Waals surface area contributed by atoms with Gasteiger partial charge in [-0.15, -0.1) is 0 Å². The van der Waals surface area contributed by atoms with Gasteiger partial charge in [-0.2, -0.15) is 0 Å². The van der Waals surface area contributed by atoms with Crippen molar-refractivity contribution in [3.05, 3.63) is 46.4 Å². The van der Waals surface area contributed by atoms with Gasteiger partial charge in [0.25, 0.3) is 5.56 Å². The van der Waals surface area contributed by atoms with Gasteiger partial charge in [0.2, 0.25) is 0 Å². The van der Waals surface area contributed by atoms with Crippen LogP contribution in [-0.4, -0.2) is 56.2 Å². The lowest BCUT2D eigenvalue weighted by Gasteiger charge is -2.23. The van der Waals surface area contributed by atoms with E-state index in [1.165, 1.54) is 6.92 Å². The number of aryl methyl sites for hydroxylation is 2. The van der Waals surface area contributed by atoms with Crippen molar-refractivity contribution < 1.29 is 24.5 Å². The van der Waals surface area contributed by atoms with Crippen molar-refractivity contribution in [1.82, 2.24) is 14.1 Å². The molecule has 1 saturated heterocycles. The van der Waals surface area contributed by atoms with Gasteiger partial charge in [-0.1, -0.05) is 0 Å². The molecule has 4 rings (SSSR count). The van der Waals surface area contributed by atoms with Gasteiger partial charge in [-0.3, -0.25) is 9.59 Å². The molecule has 9 heteroatoms. The van der Waals surface area contributed by atoms with Crippen LogP contribution in [0.4, 0.5) is 0 Å². The Kier molecular flexibility index (Phi) is 8.11. The quantitative estimate of drug-likeness (QED) is 0.413. The van der Waals surface area contributed by atoms with Crippen molar-refractivity contribution in [1.29, 1.82) is 0 Å². The van der Waals surface area contributed by atoms with Crippen molar-refractivity contribution >= 4 is 17.0 Å². The fraction of sp³-hybridized carbons (Fsp3) is 0.519. The van der Waals surface area contributed by atoms with Crippen LogP contribution in [-0.2, 0) is 23.1 Å². The summed E-state index contributed by atoms with van der Waals surface area (Å²) in [5, 5.41) is 18.9. The van der Waals surface area contributed by atoms with E-state index in [-0.39, 0.29) is 5.56 Å². The van der Waals surface area contributed by atoms with Crippen LogP contribution in [0.5, 0.6) is 5.75 Å². The maximum atomic E-state index is 12.3. The fourth-order valence-corrected chi connectivity index (χ4v) is 4.86. The summed E-state index contributed by atoms with van der Waals surface area (Å²) in [6, 6.07) is 7.70. The van der Waals surface area contributed by atoms with Crippen molar-refractivity contribution in [3.8, 4) is 17.1 Å².